The van der Waals surface area contributed by atoms with Crippen molar-refractivity contribution in [2.24, 2.45) is 17.8 Å². The zero-order valence-corrected chi connectivity index (χ0v) is 13.9. The minimum atomic E-state index is -0.0968. The Morgan fingerprint density at radius 3 is 2.75 bits per heavy atom. The number of benzene rings is 1. The fraction of sp³-hybridized carbons (Fsp3) is 0.471. The van der Waals surface area contributed by atoms with E-state index in [1.54, 1.807) is 24.3 Å². The van der Waals surface area contributed by atoms with Crippen molar-refractivity contribution in [2.45, 2.75) is 25.3 Å². The van der Waals surface area contributed by atoms with E-state index >= 15 is 0 Å². The molecule has 1 heterocycles. The van der Waals surface area contributed by atoms with Crippen molar-refractivity contribution < 1.29 is 14.3 Å². The number of aromatic amines is 1. The summed E-state index contributed by atoms with van der Waals surface area (Å²) in [5.74, 6) is 1.56. The minimum Gasteiger partial charge on any atom is -0.409 e. The fourth-order valence-electron chi connectivity index (χ4n) is 4.25. The number of nitrogens with zero attached hydrogens (tertiary/aromatic N) is 1. The summed E-state index contributed by atoms with van der Waals surface area (Å²) in [5, 5.41) is 19.3. The maximum absolute atomic E-state index is 12.5. The molecule has 1 amide bonds. The Hall–Kier alpha value is -1.99. The van der Waals surface area contributed by atoms with E-state index in [0.717, 1.165) is 18.4 Å². The van der Waals surface area contributed by atoms with Crippen molar-refractivity contribution >= 4 is 18.1 Å². The number of rotatable bonds is 4. The SMILES string of the molecule is O=C(N[C@H]1[C@H]2CC[C@@H](C2)[C@H]1CO)c1ccc(-c2n[nH]c(=S)o2)cc1. The van der Waals surface area contributed by atoms with Gasteiger partial charge in [-0.05, 0) is 67.6 Å². The molecule has 0 aliphatic heterocycles. The summed E-state index contributed by atoms with van der Waals surface area (Å²) in [6.45, 7) is 0.148. The smallest absolute Gasteiger partial charge is 0.284 e. The normalized spacial score (nSPS) is 28.2. The van der Waals surface area contributed by atoms with Gasteiger partial charge < -0.3 is 14.8 Å². The van der Waals surface area contributed by atoms with Crippen LogP contribution in [0.4, 0.5) is 0 Å². The van der Waals surface area contributed by atoms with E-state index in [4.69, 9.17) is 16.6 Å². The van der Waals surface area contributed by atoms with Crippen LogP contribution in [0.3, 0.4) is 0 Å². The summed E-state index contributed by atoms with van der Waals surface area (Å²) < 4.78 is 5.26. The first-order chi connectivity index (χ1) is 11.7. The second kappa shape index (κ2) is 6.14. The number of fused-ring (bicyclic) bond motifs is 2. The lowest BCUT2D eigenvalue weighted by Gasteiger charge is -2.30. The summed E-state index contributed by atoms with van der Waals surface area (Å²) in [4.78, 5) is 12.8. The zero-order chi connectivity index (χ0) is 16.7. The molecule has 2 aromatic rings. The van der Waals surface area contributed by atoms with E-state index in [9.17, 15) is 9.90 Å². The second-order valence-corrected chi connectivity index (χ2v) is 7.05. The number of aliphatic hydroxyl groups excluding tert-OH is 1. The molecule has 0 unspecified atom stereocenters. The largest absolute Gasteiger partial charge is 0.409 e. The number of aromatic nitrogens is 2. The Morgan fingerprint density at radius 2 is 2.08 bits per heavy atom. The lowest BCUT2D eigenvalue weighted by atomic mass is 9.85. The van der Waals surface area contributed by atoms with Gasteiger partial charge in [0.05, 0.1) is 0 Å². The molecule has 4 rings (SSSR count). The van der Waals surface area contributed by atoms with Crippen LogP contribution in [-0.4, -0.2) is 33.9 Å². The minimum absolute atomic E-state index is 0.0880. The van der Waals surface area contributed by atoms with Crippen molar-refractivity contribution in [1.82, 2.24) is 15.5 Å². The summed E-state index contributed by atoms with van der Waals surface area (Å²) >= 11 is 4.86. The Balaban J connectivity index is 1.48. The molecule has 4 atom stereocenters. The van der Waals surface area contributed by atoms with Crippen LogP contribution < -0.4 is 5.32 Å². The van der Waals surface area contributed by atoms with Gasteiger partial charge in [0, 0.05) is 29.7 Å². The monoisotopic (exact) mass is 345 g/mol. The Labute approximate surface area is 144 Å². The molecule has 2 aliphatic carbocycles. The number of hydrogen-bond acceptors (Lipinski definition) is 5. The Bertz CT molecular complexity index is 798. The Kier molecular flexibility index (Phi) is 3.97. The van der Waals surface area contributed by atoms with Crippen LogP contribution >= 0.6 is 12.2 Å². The van der Waals surface area contributed by atoms with Gasteiger partial charge in [-0.15, -0.1) is 5.10 Å². The topological polar surface area (TPSA) is 91.1 Å². The van der Waals surface area contributed by atoms with Gasteiger partial charge in [0.25, 0.3) is 10.7 Å². The van der Waals surface area contributed by atoms with E-state index in [-0.39, 0.29) is 29.3 Å². The highest BCUT2D eigenvalue weighted by atomic mass is 32.1. The van der Waals surface area contributed by atoms with Gasteiger partial charge in [-0.3, -0.25) is 4.79 Å². The maximum atomic E-state index is 12.5. The maximum Gasteiger partial charge on any atom is 0.284 e. The average molecular weight is 345 g/mol. The van der Waals surface area contributed by atoms with Gasteiger partial charge in [-0.1, -0.05) is 0 Å². The van der Waals surface area contributed by atoms with Crippen molar-refractivity contribution in [3.63, 3.8) is 0 Å². The van der Waals surface area contributed by atoms with Gasteiger partial charge >= 0.3 is 0 Å². The molecule has 7 heteroatoms. The van der Waals surface area contributed by atoms with Crippen molar-refractivity contribution in [2.75, 3.05) is 6.61 Å². The first-order valence-corrected chi connectivity index (χ1v) is 8.64. The van der Waals surface area contributed by atoms with E-state index in [1.807, 2.05) is 0 Å². The van der Waals surface area contributed by atoms with Gasteiger partial charge in [0.15, 0.2) is 0 Å². The predicted molar refractivity (Wildman–Crippen MR) is 89.8 cm³/mol. The number of nitrogens with one attached hydrogen (secondary N) is 2. The summed E-state index contributed by atoms with van der Waals surface area (Å²) in [5.41, 5.74) is 1.35. The fourth-order valence-corrected chi connectivity index (χ4v) is 4.37. The van der Waals surface area contributed by atoms with Crippen LogP contribution in [0.2, 0.25) is 0 Å². The standard InChI is InChI=1S/C17H19N3O3S/c21-8-13-11-5-6-12(7-11)14(13)18-15(22)9-1-3-10(4-2-9)16-19-20-17(24)23-16/h1-4,11-14,21H,5-8H2,(H,18,22)(H,20,24)/t11-,12-,13+,14-/m0/s1. The number of carbonyl (C=O) groups excluding carboxylic acids is 1. The number of H-pyrrole nitrogens is 1. The summed E-state index contributed by atoms with van der Waals surface area (Å²) in [6, 6.07) is 7.16. The lowest BCUT2D eigenvalue weighted by molar-refractivity contribution is 0.0861. The third kappa shape index (κ3) is 2.67. The number of aliphatic hydroxyl groups is 1. The highest BCUT2D eigenvalue weighted by molar-refractivity contribution is 7.71. The molecular weight excluding hydrogens is 326 g/mol. The molecule has 0 radical (unpaired) electrons. The van der Waals surface area contributed by atoms with Gasteiger partial charge in [-0.25, -0.2) is 5.10 Å². The van der Waals surface area contributed by atoms with E-state index in [1.165, 1.54) is 6.42 Å². The van der Waals surface area contributed by atoms with Gasteiger partial charge in [-0.2, -0.15) is 0 Å². The van der Waals surface area contributed by atoms with Crippen molar-refractivity contribution in [3.05, 3.63) is 34.7 Å². The molecule has 6 nitrogen and oxygen atoms in total. The van der Waals surface area contributed by atoms with Crippen LogP contribution in [0.5, 0.6) is 0 Å². The van der Waals surface area contributed by atoms with Crippen molar-refractivity contribution in [3.8, 4) is 11.5 Å². The third-order valence-electron chi connectivity index (χ3n) is 5.43. The summed E-state index contributed by atoms with van der Waals surface area (Å²) in [7, 11) is 0. The zero-order valence-electron chi connectivity index (χ0n) is 13.1. The predicted octanol–water partition coefficient (Wildman–Crippen LogP) is 2.54. The highest BCUT2D eigenvalue weighted by Crippen LogP contribution is 2.48. The van der Waals surface area contributed by atoms with Crippen LogP contribution in [0.25, 0.3) is 11.5 Å². The average Bonchev–Trinajstić information content (AvgIpc) is 3.31. The van der Waals surface area contributed by atoms with Gasteiger partial charge in [0.1, 0.15) is 0 Å². The molecule has 24 heavy (non-hydrogen) atoms. The van der Waals surface area contributed by atoms with E-state index in [0.29, 0.717) is 23.3 Å². The molecule has 2 saturated carbocycles. The molecule has 1 aromatic carbocycles. The Morgan fingerprint density at radius 1 is 1.33 bits per heavy atom. The molecule has 1 aromatic heterocycles. The molecule has 3 N–H and O–H groups in total. The van der Waals surface area contributed by atoms with Crippen LogP contribution in [-0.2, 0) is 0 Å². The second-order valence-electron chi connectivity index (χ2n) is 6.67. The third-order valence-corrected chi connectivity index (χ3v) is 5.60. The summed E-state index contributed by atoms with van der Waals surface area (Å²) in [6.07, 6.45) is 3.45. The first-order valence-electron chi connectivity index (χ1n) is 8.23. The molecule has 0 saturated heterocycles. The van der Waals surface area contributed by atoms with E-state index in [2.05, 4.69) is 15.5 Å². The number of hydrogen-bond donors (Lipinski definition) is 3. The molecule has 2 aliphatic rings. The highest BCUT2D eigenvalue weighted by Gasteiger charge is 2.47. The van der Waals surface area contributed by atoms with Crippen LogP contribution in [0, 0.1) is 22.6 Å². The first kappa shape index (κ1) is 15.5. The molecule has 2 bridgehead atoms. The quantitative estimate of drug-likeness (QED) is 0.741. The molecule has 126 valence electrons. The molecule has 2 fully saturated rings. The molecule has 0 spiro atoms. The van der Waals surface area contributed by atoms with Crippen LogP contribution in [0.1, 0.15) is 29.6 Å². The van der Waals surface area contributed by atoms with Gasteiger partial charge in [0.2, 0.25) is 5.89 Å². The van der Waals surface area contributed by atoms with Crippen molar-refractivity contribution in [1.29, 1.82) is 0 Å². The van der Waals surface area contributed by atoms with Crippen LogP contribution in [0.15, 0.2) is 28.7 Å². The number of amides is 1. The van der Waals surface area contributed by atoms with E-state index < -0.39 is 0 Å². The number of carbonyl (C=O) groups is 1. The molecular formula is C17H19N3O3S. The lowest BCUT2D eigenvalue weighted by Crippen LogP contribution is -2.45.